The van der Waals surface area contributed by atoms with Crippen molar-refractivity contribution in [2.24, 2.45) is 5.73 Å². The Morgan fingerprint density at radius 2 is 1.84 bits per heavy atom. The highest BCUT2D eigenvalue weighted by atomic mass is 16.2. The normalized spacial score (nSPS) is 11.2. The first-order chi connectivity index (χ1) is 8.80. The van der Waals surface area contributed by atoms with Crippen LogP contribution in [0.25, 0.3) is 0 Å². The molecule has 3 N–H and O–H groups in total. The third kappa shape index (κ3) is 9.47. The van der Waals surface area contributed by atoms with E-state index < -0.39 is 0 Å². The van der Waals surface area contributed by atoms with Crippen LogP contribution in [-0.4, -0.2) is 41.9 Å². The number of carbonyl (C=O) groups excluding carboxylic acids is 2. The van der Waals surface area contributed by atoms with Crippen LogP contribution in [0.1, 0.15) is 53.4 Å². The van der Waals surface area contributed by atoms with Crippen LogP contribution in [0.2, 0.25) is 0 Å². The van der Waals surface area contributed by atoms with Gasteiger partial charge < -0.3 is 16.0 Å². The van der Waals surface area contributed by atoms with Gasteiger partial charge in [-0.2, -0.15) is 0 Å². The molecule has 0 aromatic carbocycles. The molecule has 0 unspecified atom stereocenters. The third-order valence-corrected chi connectivity index (χ3v) is 2.74. The van der Waals surface area contributed by atoms with Crippen LogP contribution >= 0.6 is 0 Å². The Hall–Kier alpha value is -1.10. The maximum absolute atomic E-state index is 12.1. The van der Waals surface area contributed by atoms with Crippen molar-refractivity contribution in [3.8, 4) is 0 Å². The van der Waals surface area contributed by atoms with Crippen molar-refractivity contribution in [3.63, 3.8) is 0 Å². The quantitative estimate of drug-likeness (QED) is 0.663. The minimum absolute atomic E-state index is 0.00650. The standard InChI is InChI=1S/C14H29N3O2/c1-5-9-16-12(18)11-17(10-6-2)13(19)7-8-14(3,4)15/h5-11,15H2,1-4H3,(H,16,18). The molecule has 0 radical (unpaired) electrons. The Morgan fingerprint density at radius 1 is 1.21 bits per heavy atom. The molecule has 0 atom stereocenters. The van der Waals surface area contributed by atoms with Gasteiger partial charge in [0.25, 0.3) is 0 Å². The lowest BCUT2D eigenvalue weighted by molar-refractivity contribution is -0.136. The summed E-state index contributed by atoms with van der Waals surface area (Å²) < 4.78 is 0. The Morgan fingerprint density at radius 3 is 2.32 bits per heavy atom. The number of hydrogen-bond acceptors (Lipinski definition) is 3. The molecule has 0 fully saturated rings. The van der Waals surface area contributed by atoms with Gasteiger partial charge in [-0.3, -0.25) is 9.59 Å². The van der Waals surface area contributed by atoms with E-state index in [9.17, 15) is 9.59 Å². The topological polar surface area (TPSA) is 75.4 Å². The smallest absolute Gasteiger partial charge is 0.239 e. The second-order valence-corrected chi connectivity index (χ2v) is 5.65. The lowest BCUT2D eigenvalue weighted by atomic mass is 9.99. The Labute approximate surface area is 116 Å². The minimum atomic E-state index is -0.349. The fourth-order valence-corrected chi connectivity index (χ4v) is 1.64. The van der Waals surface area contributed by atoms with Gasteiger partial charge in [0, 0.05) is 25.0 Å². The van der Waals surface area contributed by atoms with Crippen LogP contribution in [0.15, 0.2) is 0 Å². The van der Waals surface area contributed by atoms with Crippen molar-refractivity contribution < 1.29 is 9.59 Å². The van der Waals surface area contributed by atoms with Gasteiger partial charge in [-0.05, 0) is 33.1 Å². The second-order valence-electron chi connectivity index (χ2n) is 5.65. The maximum atomic E-state index is 12.1. The number of hydrogen-bond donors (Lipinski definition) is 2. The summed E-state index contributed by atoms with van der Waals surface area (Å²) in [7, 11) is 0. The Balaban J connectivity index is 4.29. The zero-order chi connectivity index (χ0) is 14.9. The summed E-state index contributed by atoms with van der Waals surface area (Å²) in [6.07, 6.45) is 2.76. The molecule has 5 heteroatoms. The number of amides is 2. The highest BCUT2D eigenvalue weighted by molar-refractivity contribution is 5.84. The number of rotatable bonds is 9. The first-order valence-corrected chi connectivity index (χ1v) is 7.13. The average molecular weight is 271 g/mol. The van der Waals surface area contributed by atoms with Crippen molar-refractivity contribution >= 4 is 11.8 Å². The first-order valence-electron chi connectivity index (χ1n) is 7.13. The van der Waals surface area contributed by atoms with Crippen molar-refractivity contribution in [1.82, 2.24) is 10.2 Å². The van der Waals surface area contributed by atoms with E-state index in [0.717, 1.165) is 12.8 Å². The van der Waals surface area contributed by atoms with E-state index in [-0.39, 0.29) is 23.9 Å². The lowest BCUT2D eigenvalue weighted by Gasteiger charge is -2.24. The van der Waals surface area contributed by atoms with Gasteiger partial charge in [-0.25, -0.2) is 0 Å². The van der Waals surface area contributed by atoms with E-state index in [1.807, 2.05) is 27.7 Å². The predicted molar refractivity (Wildman–Crippen MR) is 77.7 cm³/mol. The van der Waals surface area contributed by atoms with E-state index in [4.69, 9.17) is 5.73 Å². The van der Waals surface area contributed by atoms with Gasteiger partial charge in [0.05, 0.1) is 6.54 Å². The maximum Gasteiger partial charge on any atom is 0.239 e. The molecule has 0 aromatic rings. The summed E-state index contributed by atoms with van der Waals surface area (Å²) >= 11 is 0. The molecule has 0 saturated heterocycles. The minimum Gasteiger partial charge on any atom is -0.355 e. The van der Waals surface area contributed by atoms with Gasteiger partial charge in [-0.1, -0.05) is 13.8 Å². The second kappa shape index (κ2) is 8.91. The number of nitrogens with two attached hydrogens (primary N) is 1. The molecule has 0 heterocycles. The molecule has 0 spiro atoms. The van der Waals surface area contributed by atoms with Gasteiger partial charge >= 0.3 is 0 Å². The molecule has 0 aliphatic heterocycles. The molecule has 0 rings (SSSR count). The highest BCUT2D eigenvalue weighted by Crippen LogP contribution is 2.09. The summed E-state index contributed by atoms with van der Waals surface area (Å²) in [5.74, 6) is -0.0808. The van der Waals surface area contributed by atoms with Crippen LogP contribution in [0, 0.1) is 0 Å². The molecule has 2 amide bonds. The molecule has 0 bridgehead atoms. The zero-order valence-corrected chi connectivity index (χ0v) is 12.8. The molecule has 112 valence electrons. The summed E-state index contributed by atoms with van der Waals surface area (Å²) in [4.78, 5) is 25.4. The number of carbonyl (C=O) groups is 2. The monoisotopic (exact) mass is 271 g/mol. The molecule has 0 aliphatic rings. The highest BCUT2D eigenvalue weighted by Gasteiger charge is 2.19. The molecule has 19 heavy (non-hydrogen) atoms. The number of nitrogens with zero attached hydrogens (tertiary/aromatic N) is 1. The van der Waals surface area contributed by atoms with Crippen LogP contribution < -0.4 is 11.1 Å². The molecule has 0 saturated carbocycles. The summed E-state index contributed by atoms with van der Waals surface area (Å²) in [5.41, 5.74) is 5.53. The predicted octanol–water partition coefficient (Wildman–Crippen LogP) is 1.27. The summed E-state index contributed by atoms with van der Waals surface area (Å²) in [6.45, 7) is 9.22. The van der Waals surface area contributed by atoms with Crippen LogP contribution in [0.4, 0.5) is 0 Å². The zero-order valence-electron chi connectivity index (χ0n) is 12.8. The Bertz CT molecular complexity index is 285. The van der Waals surface area contributed by atoms with Crippen LogP contribution in [0.3, 0.4) is 0 Å². The molecular formula is C14H29N3O2. The van der Waals surface area contributed by atoms with E-state index >= 15 is 0 Å². The SMILES string of the molecule is CCCNC(=O)CN(CCC)C(=O)CCC(C)(C)N. The van der Waals surface area contributed by atoms with E-state index in [1.54, 1.807) is 4.90 Å². The molecular weight excluding hydrogens is 242 g/mol. The fourth-order valence-electron chi connectivity index (χ4n) is 1.64. The van der Waals surface area contributed by atoms with E-state index in [0.29, 0.717) is 25.9 Å². The lowest BCUT2D eigenvalue weighted by Crippen LogP contribution is -2.42. The fraction of sp³-hybridized carbons (Fsp3) is 0.857. The molecule has 0 aliphatic carbocycles. The van der Waals surface area contributed by atoms with Gasteiger partial charge in [0.2, 0.25) is 11.8 Å². The van der Waals surface area contributed by atoms with Gasteiger partial charge in [0.1, 0.15) is 0 Å². The van der Waals surface area contributed by atoms with Crippen molar-refractivity contribution in [2.45, 2.75) is 58.9 Å². The van der Waals surface area contributed by atoms with E-state index in [2.05, 4.69) is 5.32 Å². The van der Waals surface area contributed by atoms with Crippen LogP contribution in [-0.2, 0) is 9.59 Å². The van der Waals surface area contributed by atoms with Gasteiger partial charge in [-0.15, -0.1) is 0 Å². The summed E-state index contributed by atoms with van der Waals surface area (Å²) in [5, 5.41) is 2.79. The number of nitrogens with one attached hydrogen (secondary N) is 1. The van der Waals surface area contributed by atoms with Crippen molar-refractivity contribution in [1.29, 1.82) is 0 Å². The largest absolute Gasteiger partial charge is 0.355 e. The average Bonchev–Trinajstić information content (AvgIpc) is 2.32. The molecule has 0 aromatic heterocycles. The third-order valence-electron chi connectivity index (χ3n) is 2.74. The Kier molecular flexibility index (Phi) is 8.39. The van der Waals surface area contributed by atoms with E-state index in [1.165, 1.54) is 0 Å². The van der Waals surface area contributed by atoms with Crippen molar-refractivity contribution in [2.75, 3.05) is 19.6 Å². The van der Waals surface area contributed by atoms with Crippen LogP contribution in [0.5, 0.6) is 0 Å². The van der Waals surface area contributed by atoms with Gasteiger partial charge in [0.15, 0.2) is 0 Å². The first kappa shape index (κ1) is 17.9. The van der Waals surface area contributed by atoms with Crippen molar-refractivity contribution in [3.05, 3.63) is 0 Å². The molecule has 5 nitrogen and oxygen atoms in total. The summed E-state index contributed by atoms with van der Waals surface area (Å²) in [6, 6.07) is 0.